The fourth-order valence-electron chi connectivity index (χ4n) is 1.36. The molecule has 1 atom stereocenters. The molecule has 0 saturated heterocycles. The highest BCUT2D eigenvalue weighted by Gasteiger charge is 2.17. The Labute approximate surface area is 133 Å². The zero-order valence-electron chi connectivity index (χ0n) is 11.9. The van der Waals surface area contributed by atoms with Crippen LogP contribution in [-0.2, 0) is 19.1 Å². The van der Waals surface area contributed by atoms with Gasteiger partial charge in [0.05, 0.1) is 6.61 Å². The van der Waals surface area contributed by atoms with Gasteiger partial charge in [-0.15, -0.1) is 11.8 Å². The first-order chi connectivity index (χ1) is 10.0. The minimum atomic E-state index is -0.433. The van der Waals surface area contributed by atoms with Crippen LogP contribution < -0.4 is 5.32 Å². The molecule has 0 saturated carbocycles. The lowest BCUT2D eigenvalue weighted by Crippen LogP contribution is -2.32. The van der Waals surface area contributed by atoms with Crippen LogP contribution in [0.1, 0.15) is 6.92 Å². The zero-order valence-corrected chi connectivity index (χ0v) is 13.5. The molecule has 0 aliphatic carbocycles. The van der Waals surface area contributed by atoms with Crippen molar-refractivity contribution in [3.63, 3.8) is 0 Å². The molecule has 0 spiro atoms. The zero-order chi connectivity index (χ0) is 15.7. The van der Waals surface area contributed by atoms with Crippen molar-refractivity contribution in [2.24, 2.45) is 0 Å². The molecule has 1 aromatic carbocycles. The van der Waals surface area contributed by atoms with E-state index in [-0.39, 0.29) is 12.5 Å². The second kappa shape index (κ2) is 9.65. The molecule has 0 radical (unpaired) electrons. The van der Waals surface area contributed by atoms with Crippen molar-refractivity contribution in [2.45, 2.75) is 17.1 Å². The smallest absolute Gasteiger partial charge is 0.319 e. The standard InChI is InChI=1S/C14H18ClNO4S/c1-10(21-12-5-3-11(15)4-6-12)14(18)20-9-13(17)16-7-8-19-2/h3-6,10H,7-9H2,1-2H3,(H,16,17)/t10-/m1/s1. The van der Waals surface area contributed by atoms with Gasteiger partial charge >= 0.3 is 5.97 Å². The molecular weight excluding hydrogens is 314 g/mol. The van der Waals surface area contributed by atoms with E-state index in [0.717, 1.165) is 4.90 Å². The summed E-state index contributed by atoms with van der Waals surface area (Å²) in [6.07, 6.45) is 0. The number of carbonyl (C=O) groups is 2. The van der Waals surface area contributed by atoms with Gasteiger partial charge in [0.2, 0.25) is 0 Å². The summed E-state index contributed by atoms with van der Waals surface area (Å²) in [6.45, 7) is 2.25. The number of thioether (sulfide) groups is 1. The van der Waals surface area contributed by atoms with Gasteiger partial charge in [-0.1, -0.05) is 11.6 Å². The third-order valence-corrected chi connectivity index (χ3v) is 3.77. The molecule has 1 aromatic rings. The van der Waals surface area contributed by atoms with E-state index in [9.17, 15) is 9.59 Å². The van der Waals surface area contributed by atoms with Crippen LogP contribution in [-0.4, -0.2) is 44.0 Å². The number of rotatable bonds is 8. The highest BCUT2D eigenvalue weighted by atomic mass is 35.5. The lowest BCUT2D eigenvalue weighted by Gasteiger charge is -2.11. The first-order valence-electron chi connectivity index (χ1n) is 6.37. The largest absolute Gasteiger partial charge is 0.455 e. The molecule has 0 aliphatic rings. The molecule has 0 heterocycles. The van der Waals surface area contributed by atoms with E-state index >= 15 is 0 Å². The molecule has 116 valence electrons. The molecule has 0 unspecified atom stereocenters. The highest BCUT2D eigenvalue weighted by Crippen LogP contribution is 2.25. The minimum Gasteiger partial charge on any atom is -0.455 e. The summed E-state index contributed by atoms with van der Waals surface area (Å²) in [5, 5.41) is 2.81. The van der Waals surface area contributed by atoms with Gasteiger partial charge in [0.15, 0.2) is 6.61 Å². The number of amides is 1. The number of carbonyl (C=O) groups excluding carboxylic acids is 2. The summed E-state index contributed by atoms with van der Waals surface area (Å²) in [5.74, 6) is -0.777. The number of ether oxygens (including phenoxy) is 2. The Kier molecular flexibility index (Phi) is 8.19. The Morgan fingerprint density at radius 1 is 1.33 bits per heavy atom. The number of nitrogens with one attached hydrogen (secondary N) is 1. The van der Waals surface area contributed by atoms with E-state index in [1.807, 2.05) is 12.1 Å². The van der Waals surface area contributed by atoms with Crippen LogP contribution in [0.15, 0.2) is 29.2 Å². The van der Waals surface area contributed by atoms with Crippen LogP contribution in [0.2, 0.25) is 5.02 Å². The van der Waals surface area contributed by atoms with Crippen molar-refractivity contribution < 1.29 is 19.1 Å². The molecule has 0 bridgehead atoms. The molecular formula is C14H18ClNO4S. The molecule has 1 N–H and O–H groups in total. The number of hydrogen-bond donors (Lipinski definition) is 1. The van der Waals surface area contributed by atoms with E-state index in [0.29, 0.717) is 18.2 Å². The molecule has 1 amide bonds. The topological polar surface area (TPSA) is 64.6 Å². The normalized spacial score (nSPS) is 11.8. The van der Waals surface area contributed by atoms with E-state index in [4.69, 9.17) is 21.1 Å². The van der Waals surface area contributed by atoms with E-state index < -0.39 is 11.2 Å². The maximum absolute atomic E-state index is 11.8. The summed E-state index contributed by atoms with van der Waals surface area (Å²) >= 11 is 7.14. The highest BCUT2D eigenvalue weighted by molar-refractivity contribution is 8.00. The number of halogens is 1. The Bertz CT molecular complexity index is 467. The lowest BCUT2D eigenvalue weighted by atomic mass is 10.4. The van der Waals surface area contributed by atoms with E-state index in [1.54, 1.807) is 26.2 Å². The maximum atomic E-state index is 11.8. The number of esters is 1. The van der Waals surface area contributed by atoms with Crippen LogP contribution in [0, 0.1) is 0 Å². The summed E-state index contributed by atoms with van der Waals surface area (Å²) in [7, 11) is 1.54. The van der Waals surface area contributed by atoms with Crippen molar-refractivity contribution in [3.8, 4) is 0 Å². The van der Waals surface area contributed by atoms with Crippen LogP contribution in [0.3, 0.4) is 0 Å². The first kappa shape index (κ1) is 17.8. The second-order valence-electron chi connectivity index (χ2n) is 4.16. The molecule has 0 aliphatic heterocycles. The van der Waals surface area contributed by atoms with Gasteiger partial charge in [0.25, 0.3) is 5.91 Å². The van der Waals surface area contributed by atoms with Gasteiger partial charge < -0.3 is 14.8 Å². The maximum Gasteiger partial charge on any atom is 0.319 e. The van der Waals surface area contributed by atoms with Crippen LogP contribution >= 0.6 is 23.4 Å². The van der Waals surface area contributed by atoms with Gasteiger partial charge in [0, 0.05) is 23.6 Å². The number of methoxy groups -OCH3 is 1. The molecule has 5 nitrogen and oxygen atoms in total. The summed E-state index contributed by atoms with van der Waals surface area (Å²) in [6, 6.07) is 7.17. The summed E-state index contributed by atoms with van der Waals surface area (Å²) < 4.78 is 9.75. The lowest BCUT2D eigenvalue weighted by molar-refractivity contribution is -0.147. The molecule has 1 rings (SSSR count). The number of benzene rings is 1. The van der Waals surface area contributed by atoms with Gasteiger partial charge in [-0.05, 0) is 31.2 Å². The van der Waals surface area contributed by atoms with Gasteiger partial charge in [-0.2, -0.15) is 0 Å². The third-order valence-electron chi connectivity index (χ3n) is 2.43. The van der Waals surface area contributed by atoms with Crippen molar-refractivity contribution in [3.05, 3.63) is 29.3 Å². The van der Waals surface area contributed by atoms with Gasteiger partial charge in [-0.25, -0.2) is 0 Å². The molecule has 0 aromatic heterocycles. The molecule has 21 heavy (non-hydrogen) atoms. The van der Waals surface area contributed by atoms with Crippen molar-refractivity contribution in [2.75, 3.05) is 26.9 Å². The average molecular weight is 332 g/mol. The Morgan fingerprint density at radius 3 is 2.62 bits per heavy atom. The van der Waals surface area contributed by atoms with Crippen LogP contribution in [0.4, 0.5) is 0 Å². The fourth-order valence-corrected chi connectivity index (χ4v) is 2.35. The minimum absolute atomic E-state index is 0.284. The van der Waals surface area contributed by atoms with Crippen molar-refractivity contribution in [1.82, 2.24) is 5.32 Å². The second-order valence-corrected chi connectivity index (χ2v) is 6.02. The Balaban J connectivity index is 2.30. The van der Waals surface area contributed by atoms with Crippen LogP contribution in [0.25, 0.3) is 0 Å². The van der Waals surface area contributed by atoms with Gasteiger partial charge in [-0.3, -0.25) is 9.59 Å². The summed E-state index contributed by atoms with van der Waals surface area (Å²) in [4.78, 5) is 24.1. The Hall–Kier alpha value is -1.24. The fraction of sp³-hybridized carbons (Fsp3) is 0.429. The van der Waals surface area contributed by atoms with E-state index in [2.05, 4.69) is 5.32 Å². The van der Waals surface area contributed by atoms with Crippen molar-refractivity contribution >= 4 is 35.2 Å². The molecule has 7 heteroatoms. The summed E-state index contributed by atoms with van der Waals surface area (Å²) in [5.41, 5.74) is 0. The molecule has 0 fully saturated rings. The first-order valence-corrected chi connectivity index (χ1v) is 7.63. The SMILES string of the molecule is COCCNC(=O)COC(=O)[C@@H](C)Sc1ccc(Cl)cc1. The van der Waals surface area contributed by atoms with Crippen molar-refractivity contribution in [1.29, 1.82) is 0 Å². The van der Waals surface area contributed by atoms with Gasteiger partial charge in [0.1, 0.15) is 5.25 Å². The third kappa shape index (κ3) is 7.36. The van der Waals surface area contributed by atoms with E-state index in [1.165, 1.54) is 11.8 Å². The quantitative estimate of drug-likeness (QED) is 0.449. The monoisotopic (exact) mass is 331 g/mol. The average Bonchev–Trinajstić information content (AvgIpc) is 2.47. The number of hydrogen-bond acceptors (Lipinski definition) is 5. The predicted octanol–water partition coefficient (Wildman–Crippen LogP) is 2.13. The Morgan fingerprint density at radius 2 is 2.00 bits per heavy atom. The van der Waals surface area contributed by atoms with Crippen LogP contribution in [0.5, 0.6) is 0 Å². The predicted molar refractivity (Wildman–Crippen MR) is 82.6 cm³/mol.